The molecule has 0 aromatic heterocycles. The Bertz CT molecular complexity index is 1120. The molecule has 0 radical (unpaired) electrons. The Kier molecular flexibility index (Phi) is 5.54. The van der Waals surface area contributed by atoms with Crippen molar-refractivity contribution in [1.82, 2.24) is 0 Å². The van der Waals surface area contributed by atoms with Gasteiger partial charge in [-0.25, -0.2) is 13.2 Å². The lowest BCUT2D eigenvalue weighted by Gasteiger charge is -2.23. The average molecular weight is 414 g/mol. The summed E-state index contributed by atoms with van der Waals surface area (Å²) in [4.78, 5) is 0. The quantitative estimate of drug-likeness (QED) is 0.307. The molecular formula is C25H22F4O. The number of fused-ring (bicyclic) bond motifs is 2. The van der Waals surface area contributed by atoms with Crippen LogP contribution in [0.2, 0.25) is 0 Å². The van der Waals surface area contributed by atoms with Crippen molar-refractivity contribution in [2.45, 2.75) is 46.0 Å². The van der Waals surface area contributed by atoms with E-state index in [-0.39, 0.29) is 34.6 Å². The lowest BCUT2D eigenvalue weighted by atomic mass is 9.93. The van der Waals surface area contributed by atoms with E-state index in [9.17, 15) is 13.2 Å². The highest BCUT2D eigenvalue weighted by Crippen LogP contribution is 2.44. The average Bonchev–Trinajstić information content (AvgIpc) is 2.72. The standard InChI is InChI=1S/C25H22F4O/c1-3-5-14-7-9-18(20(26)11-14)19-10-8-16-13-17-12-15(6-4-2)21(27)23(29)25(17)30-24(16)22(19)28/h7-12H,3-6,13H2,1-2H3. The fraction of sp³-hybridized carbons (Fsp3) is 0.280. The van der Waals surface area contributed by atoms with Crippen LogP contribution in [0.25, 0.3) is 11.1 Å². The van der Waals surface area contributed by atoms with Gasteiger partial charge in [0.25, 0.3) is 0 Å². The summed E-state index contributed by atoms with van der Waals surface area (Å²) in [6, 6.07) is 9.45. The zero-order chi connectivity index (χ0) is 21.4. The summed E-state index contributed by atoms with van der Waals surface area (Å²) in [5.41, 5.74) is 2.25. The van der Waals surface area contributed by atoms with Crippen LogP contribution in [0, 0.1) is 23.3 Å². The second-order valence-corrected chi connectivity index (χ2v) is 7.66. The van der Waals surface area contributed by atoms with Crippen molar-refractivity contribution in [3.8, 4) is 22.6 Å². The molecule has 1 aliphatic heterocycles. The molecule has 0 spiro atoms. The molecule has 0 bridgehead atoms. The lowest BCUT2D eigenvalue weighted by molar-refractivity contribution is 0.379. The highest BCUT2D eigenvalue weighted by Gasteiger charge is 2.28. The molecular weight excluding hydrogens is 392 g/mol. The van der Waals surface area contributed by atoms with Crippen molar-refractivity contribution in [1.29, 1.82) is 0 Å². The van der Waals surface area contributed by atoms with Crippen molar-refractivity contribution in [2.75, 3.05) is 0 Å². The maximum atomic E-state index is 15.3. The smallest absolute Gasteiger partial charge is 0.201 e. The van der Waals surface area contributed by atoms with Gasteiger partial charge in [0.2, 0.25) is 5.82 Å². The molecule has 0 aliphatic carbocycles. The number of rotatable bonds is 5. The first kappa shape index (κ1) is 20.5. The van der Waals surface area contributed by atoms with E-state index in [2.05, 4.69) is 0 Å². The molecule has 0 fully saturated rings. The lowest BCUT2D eigenvalue weighted by Crippen LogP contribution is -2.10. The van der Waals surface area contributed by atoms with Crippen LogP contribution in [-0.2, 0) is 19.3 Å². The fourth-order valence-electron chi connectivity index (χ4n) is 4.00. The van der Waals surface area contributed by atoms with Crippen molar-refractivity contribution >= 4 is 0 Å². The highest BCUT2D eigenvalue weighted by molar-refractivity contribution is 5.69. The highest BCUT2D eigenvalue weighted by atomic mass is 19.2. The number of ether oxygens (including phenoxy) is 1. The normalized spacial score (nSPS) is 12.3. The van der Waals surface area contributed by atoms with Gasteiger partial charge in [-0.2, -0.15) is 4.39 Å². The maximum Gasteiger partial charge on any atom is 0.201 e. The van der Waals surface area contributed by atoms with Crippen LogP contribution < -0.4 is 4.74 Å². The maximum absolute atomic E-state index is 15.3. The minimum absolute atomic E-state index is 0.0289. The molecule has 0 unspecified atom stereocenters. The van der Waals surface area contributed by atoms with Gasteiger partial charge in [0, 0.05) is 28.7 Å². The minimum Gasteiger partial charge on any atom is -0.450 e. The van der Waals surface area contributed by atoms with Crippen LogP contribution in [0.4, 0.5) is 17.6 Å². The van der Waals surface area contributed by atoms with Gasteiger partial charge in [-0.1, -0.05) is 51.0 Å². The molecule has 5 heteroatoms. The Balaban J connectivity index is 1.76. The van der Waals surface area contributed by atoms with Crippen molar-refractivity contribution < 1.29 is 22.3 Å². The first-order valence-electron chi connectivity index (χ1n) is 10.2. The zero-order valence-corrected chi connectivity index (χ0v) is 16.9. The molecule has 1 aliphatic rings. The van der Waals surface area contributed by atoms with E-state index >= 15 is 4.39 Å². The molecule has 1 heterocycles. The van der Waals surface area contributed by atoms with Crippen LogP contribution in [-0.4, -0.2) is 0 Å². The molecule has 156 valence electrons. The third kappa shape index (κ3) is 3.47. The predicted molar refractivity (Wildman–Crippen MR) is 109 cm³/mol. The van der Waals surface area contributed by atoms with Crippen LogP contribution >= 0.6 is 0 Å². The molecule has 0 amide bonds. The SMILES string of the molecule is CCCc1ccc(-c2ccc3c(c2F)Oc2c(cc(CCC)c(F)c2F)C3)c(F)c1. The number of halogens is 4. The molecule has 1 nitrogen and oxygen atoms in total. The second-order valence-electron chi connectivity index (χ2n) is 7.66. The van der Waals surface area contributed by atoms with E-state index < -0.39 is 23.3 Å². The van der Waals surface area contributed by atoms with E-state index in [1.165, 1.54) is 12.1 Å². The van der Waals surface area contributed by atoms with Crippen molar-refractivity contribution in [2.24, 2.45) is 0 Å². The zero-order valence-electron chi connectivity index (χ0n) is 16.9. The second kappa shape index (κ2) is 8.13. The van der Waals surface area contributed by atoms with Gasteiger partial charge < -0.3 is 4.74 Å². The van der Waals surface area contributed by atoms with E-state index in [0.29, 0.717) is 24.0 Å². The molecule has 0 N–H and O–H groups in total. The number of benzene rings is 3. The molecule has 4 rings (SSSR count). The summed E-state index contributed by atoms with van der Waals surface area (Å²) >= 11 is 0. The summed E-state index contributed by atoms with van der Waals surface area (Å²) in [7, 11) is 0. The van der Waals surface area contributed by atoms with Crippen LogP contribution in [0.1, 0.15) is 48.9 Å². The number of aryl methyl sites for hydroxylation is 2. The van der Waals surface area contributed by atoms with Crippen LogP contribution in [0.15, 0.2) is 36.4 Å². The summed E-state index contributed by atoms with van der Waals surface area (Å²) < 4.78 is 64.4. The molecule has 3 aromatic rings. The number of hydrogen-bond donors (Lipinski definition) is 0. The van der Waals surface area contributed by atoms with Gasteiger partial charge in [-0.05, 0) is 36.1 Å². The molecule has 0 atom stereocenters. The fourth-order valence-corrected chi connectivity index (χ4v) is 4.00. The number of hydrogen-bond acceptors (Lipinski definition) is 1. The van der Waals surface area contributed by atoms with E-state index in [1.54, 1.807) is 24.3 Å². The molecule has 0 saturated heterocycles. The van der Waals surface area contributed by atoms with E-state index in [1.807, 2.05) is 13.8 Å². The van der Waals surface area contributed by atoms with Crippen molar-refractivity contribution in [3.63, 3.8) is 0 Å². The van der Waals surface area contributed by atoms with Gasteiger partial charge in [-0.15, -0.1) is 0 Å². The Morgan fingerprint density at radius 3 is 2.13 bits per heavy atom. The van der Waals surface area contributed by atoms with E-state index in [0.717, 1.165) is 18.4 Å². The van der Waals surface area contributed by atoms with Crippen molar-refractivity contribution in [3.05, 3.63) is 81.9 Å². The molecule has 0 saturated carbocycles. The van der Waals surface area contributed by atoms with E-state index in [4.69, 9.17) is 4.74 Å². The van der Waals surface area contributed by atoms with Gasteiger partial charge in [0.1, 0.15) is 5.82 Å². The Labute approximate surface area is 173 Å². The topological polar surface area (TPSA) is 9.23 Å². The molecule has 3 aromatic carbocycles. The summed E-state index contributed by atoms with van der Waals surface area (Å²) in [5, 5.41) is 0. The van der Waals surface area contributed by atoms with Gasteiger partial charge >= 0.3 is 0 Å². The van der Waals surface area contributed by atoms with Gasteiger partial charge in [0.05, 0.1) is 0 Å². The first-order valence-corrected chi connectivity index (χ1v) is 10.2. The van der Waals surface area contributed by atoms with Gasteiger partial charge in [0.15, 0.2) is 23.1 Å². The summed E-state index contributed by atoms with van der Waals surface area (Å²) in [6.07, 6.45) is 2.90. The van der Waals surface area contributed by atoms with Gasteiger partial charge in [-0.3, -0.25) is 0 Å². The summed E-state index contributed by atoms with van der Waals surface area (Å²) in [6.45, 7) is 3.88. The summed E-state index contributed by atoms with van der Waals surface area (Å²) in [5.74, 6) is -3.86. The van der Waals surface area contributed by atoms with Crippen LogP contribution in [0.3, 0.4) is 0 Å². The third-order valence-electron chi connectivity index (χ3n) is 5.46. The van der Waals surface area contributed by atoms with Crippen LogP contribution in [0.5, 0.6) is 11.5 Å². The first-order chi connectivity index (χ1) is 14.4. The largest absolute Gasteiger partial charge is 0.450 e. The predicted octanol–water partition coefficient (Wildman–Crippen LogP) is 7.51. The Hall–Kier alpha value is -2.82. The third-order valence-corrected chi connectivity index (χ3v) is 5.46. The minimum atomic E-state index is -1.11. The molecule has 30 heavy (non-hydrogen) atoms. The monoisotopic (exact) mass is 414 g/mol. The Morgan fingerprint density at radius 2 is 1.43 bits per heavy atom. The Morgan fingerprint density at radius 1 is 0.733 bits per heavy atom.